The van der Waals surface area contributed by atoms with Gasteiger partial charge in [0.05, 0.1) is 13.2 Å². The summed E-state index contributed by atoms with van der Waals surface area (Å²) < 4.78 is 0. The summed E-state index contributed by atoms with van der Waals surface area (Å²) in [5.41, 5.74) is -3.00. The fraction of sp³-hybridized carbons (Fsp3) is 0.750. The average Bonchev–Trinajstić information content (AvgIpc) is 2.41. The molecule has 0 aromatic rings. The first-order valence-electron chi connectivity index (χ1n) is 4.66. The summed E-state index contributed by atoms with van der Waals surface area (Å²) in [5, 5.41) is 53.5. The Morgan fingerprint density at radius 3 is 2.06 bits per heavy atom. The van der Waals surface area contributed by atoms with E-state index in [9.17, 15) is 19.8 Å². The van der Waals surface area contributed by atoms with Gasteiger partial charge in [-0.25, -0.2) is 19.4 Å². The topological polar surface area (TPSA) is 174 Å². The summed E-state index contributed by atoms with van der Waals surface area (Å²) in [6.07, 6.45) is -4.23. The number of carbonyl (C=O) groups is 2. The van der Waals surface area contributed by atoms with Crippen LogP contribution in [-0.4, -0.2) is 80.2 Å². The molecule has 0 saturated heterocycles. The van der Waals surface area contributed by atoms with Gasteiger partial charge in [0, 0.05) is 0 Å². The number of aliphatic hydroxyl groups excluding tert-OH is 5. The van der Waals surface area contributed by atoms with E-state index in [0.29, 0.717) is 0 Å². The first kappa shape index (κ1) is 16.7. The highest BCUT2D eigenvalue weighted by atomic mass is 17.2. The van der Waals surface area contributed by atoms with Crippen molar-refractivity contribution in [1.29, 1.82) is 0 Å². The Labute approximate surface area is 101 Å². The molecule has 0 aliphatic rings. The van der Waals surface area contributed by atoms with Crippen LogP contribution in [0.4, 0.5) is 0 Å². The molecule has 10 nitrogen and oxygen atoms in total. The maximum atomic E-state index is 11.2. The largest absolute Gasteiger partial charge is 0.394 e. The van der Waals surface area contributed by atoms with E-state index in [1.807, 2.05) is 0 Å². The minimum atomic E-state index is -3.00. The molecule has 0 amide bonds. The van der Waals surface area contributed by atoms with Crippen LogP contribution in [-0.2, 0) is 19.4 Å². The summed E-state index contributed by atoms with van der Waals surface area (Å²) in [6, 6.07) is 0. The Bertz CT molecular complexity index is 292. The molecule has 3 atom stereocenters. The monoisotopic (exact) mass is 270 g/mol. The maximum absolute atomic E-state index is 11.2. The van der Waals surface area contributed by atoms with Crippen LogP contribution in [0.2, 0.25) is 0 Å². The highest BCUT2D eigenvalue weighted by Gasteiger charge is 2.49. The minimum absolute atomic E-state index is 1.01. The van der Waals surface area contributed by atoms with Crippen molar-refractivity contribution >= 4 is 11.9 Å². The van der Waals surface area contributed by atoms with Gasteiger partial charge in [-0.2, -0.15) is 0 Å². The molecule has 0 aliphatic heterocycles. The molecule has 0 bridgehead atoms. The van der Waals surface area contributed by atoms with E-state index in [1.165, 1.54) is 0 Å². The number of aliphatic hydroxyl groups is 6. The van der Waals surface area contributed by atoms with Crippen LogP contribution in [0.15, 0.2) is 0 Å². The zero-order valence-electron chi connectivity index (χ0n) is 9.09. The zero-order chi connectivity index (χ0) is 14.3. The molecule has 0 aromatic heterocycles. The summed E-state index contributed by atoms with van der Waals surface area (Å²) in [6.45, 7) is -3.49. The van der Waals surface area contributed by atoms with E-state index in [1.54, 1.807) is 0 Å². The molecule has 0 saturated carbocycles. The molecule has 3 unspecified atom stereocenters. The van der Waals surface area contributed by atoms with Crippen molar-refractivity contribution in [1.82, 2.24) is 0 Å². The van der Waals surface area contributed by atoms with Crippen LogP contribution in [0.25, 0.3) is 0 Å². The lowest BCUT2D eigenvalue weighted by atomic mass is 9.94. The van der Waals surface area contributed by atoms with E-state index in [4.69, 9.17) is 20.4 Å². The predicted octanol–water partition coefficient (Wildman–Crippen LogP) is -4.58. The Kier molecular flexibility index (Phi) is 6.68. The van der Waals surface area contributed by atoms with Gasteiger partial charge in [-0.1, -0.05) is 0 Å². The second-order valence-electron chi connectivity index (χ2n) is 3.26. The summed E-state index contributed by atoms with van der Waals surface area (Å²) in [5.74, 6) is -3.15. The van der Waals surface area contributed by atoms with Crippen molar-refractivity contribution in [3.8, 4) is 0 Å². The van der Waals surface area contributed by atoms with Crippen LogP contribution < -0.4 is 0 Å². The van der Waals surface area contributed by atoms with E-state index in [0.717, 1.165) is 0 Å². The molecule has 0 radical (unpaired) electrons. The SMILES string of the molecule is O=C(CO)OOC(=O)C(O)(CO)C(O)C(O)CO. The molecular weight excluding hydrogens is 256 g/mol. The second-order valence-corrected chi connectivity index (χ2v) is 3.26. The first-order valence-corrected chi connectivity index (χ1v) is 4.66. The molecule has 0 heterocycles. The van der Waals surface area contributed by atoms with Gasteiger partial charge in [0.15, 0.2) is 0 Å². The van der Waals surface area contributed by atoms with Gasteiger partial charge in [-0.05, 0) is 0 Å². The Morgan fingerprint density at radius 1 is 1.11 bits per heavy atom. The Morgan fingerprint density at radius 2 is 1.67 bits per heavy atom. The van der Waals surface area contributed by atoms with Crippen LogP contribution in [0.5, 0.6) is 0 Å². The van der Waals surface area contributed by atoms with Crippen molar-refractivity contribution in [2.75, 3.05) is 19.8 Å². The molecular formula is C8H14O10. The molecule has 0 aromatic carbocycles. The van der Waals surface area contributed by atoms with Crippen LogP contribution >= 0.6 is 0 Å². The standard InChI is InChI=1S/C8H14O10/c9-1-4(12)6(14)8(16,3-11)7(15)18-17-5(13)2-10/h4,6,9-12,14,16H,1-3H2. The summed E-state index contributed by atoms with van der Waals surface area (Å²) >= 11 is 0. The molecule has 10 heteroatoms. The van der Waals surface area contributed by atoms with Gasteiger partial charge in [0.1, 0.15) is 18.8 Å². The maximum Gasteiger partial charge on any atom is 0.391 e. The van der Waals surface area contributed by atoms with E-state index < -0.39 is 49.6 Å². The normalized spacial score (nSPS) is 17.4. The lowest BCUT2D eigenvalue weighted by molar-refractivity contribution is -0.281. The van der Waals surface area contributed by atoms with E-state index in [2.05, 4.69) is 9.78 Å². The zero-order valence-corrected chi connectivity index (χ0v) is 9.09. The van der Waals surface area contributed by atoms with Gasteiger partial charge in [-0.15, -0.1) is 0 Å². The van der Waals surface area contributed by atoms with Crippen LogP contribution in [0, 0.1) is 0 Å². The molecule has 0 rings (SSSR count). The highest BCUT2D eigenvalue weighted by molar-refractivity contribution is 5.81. The summed E-state index contributed by atoms with van der Waals surface area (Å²) in [7, 11) is 0. The molecule has 106 valence electrons. The third kappa shape index (κ3) is 3.87. The molecule has 0 fully saturated rings. The van der Waals surface area contributed by atoms with E-state index in [-0.39, 0.29) is 0 Å². The Balaban J connectivity index is 4.72. The third-order valence-electron chi connectivity index (χ3n) is 1.97. The van der Waals surface area contributed by atoms with Gasteiger partial charge >= 0.3 is 11.9 Å². The lowest BCUT2D eigenvalue weighted by Gasteiger charge is -2.29. The quantitative estimate of drug-likeness (QED) is 0.203. The number of hydrogen-bond acceptors (Lipinski definition) is 10. The minimum Gasteiger partial charge on any atom is -0.394 e. The predicted molar refractivity (Wildman–Crippen MR) is 50.4 cm³/mol. The smallest absolute Gasteiger partial charge is 0.391 e. The fourth-order valence-corrected chi connectivity index (χ4v) is 0.880. The highest BCUT2D eigenvalue weighted by Crippen LogP contribution is 2.16. The number of carbonyl (C=O) groups excluding carboxylic acids is 2. The number of rotatable bonds is 6. The van der Waals surface area contributed by atoms with Crippen LogP contribution in [0.3, 0.4) is 0 Å². The second kappa shape index (κ2) is 7.20. The fourth-order valence-electron chi connectivity index (χ4n) is 0.880. The molecule has 0 aliphatic carbocycles. The third-order valence-corrected chi connectivity index (χ3v) is 1.97. The molecule has 6 N–H and O–H groups in total. The van der Waals surface area contributed by atoms with Crippen molar-refractivity contribution in [3.05, 3.63) is 0 Å². The lowest BCUT2D eigenvalue weighted by Crippen LogP contribution is -2.58. The van der Waals surface area contributed by atoms with Crippen LogP contribution in [0.1, 0.15) is 0 Å². The van der Waals surface area contributed by atoms with Crippen molar-refractivity contribution in [2.45, 2.75) is 17.8 Å². The van der Waals surface area contributed by atoms with Gasteiger partial charge < -0.3 is 30.6 Å². The van der Waals surface area contributed by atoms with Gasteiger partial charge in [0.25, 0.3) is 0 Å². The van der Waals surface area contributed by atoms with Gasteiger partial charge in [0.2, 0.25) is 5.60 Å². The molecule has 18 heavy (non-hydrogen) atoms. The van der Waals surface area contributed by atoms with Crippen molar-refractivity contribution < 1.29 is 50.0 Å². The summed E-state index contributed by atoms with van der Waals surface area (Å²) in [4.78, 5) is 29.1. The van der Waals surface area contributed by atoms with Crippen molar-refractivity contribution in [3.63, 3.8) is 0 Å². The number of hydrogen-bond donors (Lipinski definition) is 6. The van der Waals surface area contributed by atoms with Crippen molar-refractivity contribution in [2.24, 2.45) is 0 Å². The molecule has 0 spiro atoms. The first-order chi connectivity index (χ1) is 8.33. The average molecular weight is 270 g/mol. The van der Waals surface area contributed by atoms with Gasteiger partial charge in [-0.3, -0.25) is 0 Å². The van der Waals surface area contributed by atoms with E-state index >= 15 is 0 Å². The Hall–Kier alpha value is -1.30.